The highest BCUT2D eigenvalue weighted by atomic mass is 19.1. The van der Waals surface area contributed by atoms with E-state index in [1.54, 1.807) is 0 Å². The van der Waals surface area contributed by atoms with Gasteiger partial charge in [-0.15, -0.1) is 0 Å². The third-order valence-electron chi connectivity index (χ3n) is 3.77. The molecule has 1 aromatic carbocycles. The van der Waals surface area contributed by atoms with Crippen LogP contribution < -0.4 is 5.32 Å². The number of carbonyl (C=O) groups excluding carboxylic acids is 1. The molecule has 4 nitrogen and oxygen atoms in total. The van der Waals surface area contributed by atoms with Crippen LogP contribution >= 0.6 is 0 Å². The molecule has 1 aliphatic carbocycles. The first-order chi connectivity index (χ1) is 8.65. The fraction of sp³-hybridized carbons (Fsp3) is 0.462. The summed E-state index contributed by atoms with van der Waals surface area (Å²) in [6.45, 7) is 0.738. The molecule has 0 unspecified atom stereocenters. The molecular formula is C13H14FNO3. The van der Waals surface area contributed by atoms with Gasteiger partial charge in [-0.25, -0.2) is 4.39 Å². The quantitative estimate of drug-likeness (QED) is 0.836. The van der Waals surface area contributed by atoms with Gasteiger partial charge in [0.1, 0.15) is 11.6 Å². The fourth-order valence-electron chi connectivity index (χ4n) is 2.70. The number of fused-ring (bicyclic) bond motifs is 1. The largest absolute Gasteiger partial charge is 0.508 e. The van der Waals surface area contributed by atoms with Gasteiger partial charge in [-0.05, 0) is 31.0 Å². The molecule has 96 valence electrons. The average Bonchev–Trinajstić information content (AvgIpc) is 2.70. The van der Waals surface area contributed by atoms with Gasteiger partial charge >= 0.3 is 0 Å². The molecule has 3 atom stereocenters. The number of ether oxygens (including phenoxy) is 1. The van der Waals surface area contributed by atoms with E-state index < -0.39 is 11.7 Å². The SMILES string of the molecule is O=C(N[C@H]1C[C@@H]2OCC[C@H]12)c1cc(O)ccc1F. The molecule has 2 aliphatic rings. The predicted molar refractivity (Wildman–Crippen MR) is 61.8 cm³/mol. The van der Waals surface area contributed by atoms with Crippen molar-refractivity contribution in [3.63, 3.8) is 0 Å². The molecule has 1 saturated carbocycles. The second-order valence-electron chi connectivity index (χ2n) is 4.84. The molecule has 1 saturated heterocycles. The van der Waals surface area contributed by atoms with Crippen LogP contribution in [0.3, 0.4) is 0 Å². The van der Waals surface area contributed by atoms with Crippen molar-refractivity contribution in [2.45, 2.75) is 25.0 Å². The van der Waals surface area contributed by atoms with Crippen molar-refractivity contribution >= 4 is 5.91 Å². The van der Waals surface area contributed by atoms with Gasteiger partial charge in [-0.1, -0.05) is 0 Å². The van der Waals surface area contributed by atoms with E-state index >= 15 is 0 Å². The van der Waals surface area contributed by atoms with Crippen LogP contribution in [0.25, 0.3) is 0 Å². The zero-order valence-electron chi connectivity index (χ0n) is 9.73. The lowest BCUT2D eigenvalue weighted by atomic mass is 9.76. The maximum absolute atomic E-state index is 13.5. The van der Waals surface area contributed by atoms with E-state index in [9.17, 15) is 14.3 Å². The van der Waals surface area contributed by atoms with Gasteiger partial charge in [-0.3, -0.25) is 4.79 Å². The van der Waals surface area contributed by atoms with E-state index in [1.165, 1.54) is 6.07 Å². The number of phenolic OH excluding ortho intramolecular Hbond substituents is 1. The normalized spacial score (nSPS) is 29.5. The molecule has 0 radical (unpaired) electrons. The van der Waals surface area contributed by atoms with Crippen LogP contribution in [0.2, 0.25) is 0 Å². The van der Waals surface area contributed by atoms with Crippen molar-refractivity contribution in [1.82, 2.24) is 5.32 Å². The van der Waals surface area contributed by atoms with Gasteiger partial charge in [0.05, 0.1) is 11.7 Å². The summed E-state index contributed by atoms with van der Waals surface area (Å²) in [6, 6.07) is 3.51. The standard InChI is InChI=1S/C13H14FNO3/c14-10-2-1-7(16)5-9(10)13(17)15-11-6-12-8(11)3-4-18-12/h1-2,5,8,11-12,16H,3-4,6H2,(H,15,17)/t8-,11+,12+/m1/s1. The highest BCUT2D eigenvalue weighted by Gasteiger charge is 2.45. The number of carbonyl (C=O) groups is 1. The van der Waals surface area contributed by atoms with E-state index in [1.807, 2.05) is 0 Å². The number of rotatable bonds is 2. The third-order valence-corrected chi connectivity index (χ3v) is 3.77. The zero-order valence-corrected chi connectivity index (χ0v) is 9.73. The first-order valence-electron chi connectivity index (χ1n) is 6.06. The van der Waals surface area contributed by atoms with Crippen LogP contribution in [0, 0.1) is 11.7 Å². The Morgan fingerprint density at radius 3 is 3.11 bits per heavy atom. The van der Waals surface area contributed by atoms with E-state index in [2.05, 4.69) is 5.32 Å². The van der Waals surface area contributed by atoms with Gasteiger partial charge in [0.25, 0.3) is 5.91 Å². The molecule has 1 heterocycles. The van der Waals surface area contributed by atoms with Crippen LogP contribution in [0.15, 0.2) is 18.2 Å². The zero-order chi connectivity index (χ0) is 12.7. The molecule has 5 heteroatoms. The average molecular weight is 251 g/mol. The Kier molecular flexibility index (Phi) is 2.70. The summed E-state index contributed by atoms with van der Waals surface area (Å²) in [5.74, 6) is -0.853. The van der Waals surface area contributed by atoms with E-state index in [0.717, 1.165) is 31.6 Å². The molecule has 1 aliphatic heterocycles. The topological polar surface area (TPSA) is 58.6 Å². The van der Waals surface area contributed by atoms with Gasteiger partial charge < -0.3 is 15.2 Å². The summed E-state index contributed by atoms with van der Waals surface area (Å²) < 4.78 is 18.9. The number of hydrogen-bond acceptors (Lipinski definition) is 3. The summed E-state index contributed by atoms with van der Waals surface area (Å²) >= 11 is 0. The highest BCUT2D eigenvalue weighted by molar-refractivity contribution is 5.95. The smallest absolute Gasteiger partial charge is 0.254 e. The minimum absolute atomic E-state index is 0.0618. The van der Waals surface area contributed by atoms with Crippen LogP contribution in [-0.4, -0.2) is 29.8 Å². The monoisotopic (exact) mass is 251 g/mol. The van der Waals surface area contributed by atoms with Crippen LogP contribution in [0.4, 0.5) is 4.39 Å². The number of phenols is 1. The van der Waals surface area contributed by atoms with Crippen molar-refractivity contribution in [2.75, 3.05) is 6.61 Å². The first-order valence-corrected chi connectivity index (χ1v) is 6.06. The summed E-state index contributed by atoms with van der Waals surface area (Å²) in [7, 11) is 0. The Morgan fingerprint density at radius 2 is 2.33 bits per heavy atom. The number of amides is 1. The van der Waals surface area contributed by atoms with Crippen molar-refractivity contribution in [1.29, 1.82) is 0 Å². The first kappa shape index (κ1) is 11.5. The molecule has 2 fully saturated rings. The van der Waals surface area contributed by atoms with Crippen LogP contribution in [0.5, 0.6) is 5.75 Å². The number of aromatic hydroxyl groups is 1. The van der Waals surface area contributed by atoms with E-state index in [-0.39, 0.29) is 23.5 Å². The Labute approximate surface area is 104 Å². The van der Waals surface area contributed by atoms with Crippen molar-refractivity contribution in [3.05, 3.63) is 29.6 Å². The molecule has 0 aromatic heterocycles. The van der Waals surface area contributed by atoms with E-state index in [4.69, 9.17) is 4.74 Å². The second-order valence-corrected chi connectivity index (χ2v) is 4.84. The Balaban J connectivity index is 1.69. The number of benzene rings is 1. The van der Waals surface area contributed by atoms with Crippen molar-refractivity contribution < 1.29 is 19.0 Å². The lowest BCUT2D eigenvalue weighted by Crippen LogP contribution is -2.53. The molecule has 2 N–H and O–H groups in total. The summed E-state index contributed by atoms with van der Waals surface area (Å²) in [5.41, 5.74) is -0.114. The maximum atomic E-state index is 13.5. The van der Waals surface area contributed by atoms with Gasteiger partial charge in [-0.2, -0.15) is 0 Å². The maximum Gasteiger partial charge on any atom is 0.254 e. The molecule has 18 heavy (non-hydrogen) atoms. The lowest BCUT2D eigenvalue weighted by Gasteiger charge is -2.39. The van der Waals surface area contributed by atoms with Gasteiger partial charge in [0.15, 0.2) is 0 Å². The number of hydrogen-bond donors (Lipinski definition) is 2. The summed E-state index contributed by atoms with van der Waals surface area (Å²) in [4.78, 5) is 11.9. The fourth-order valence-corrected chi connectivity index (χ4v) is 2.70. The Hall–Kier alpha value is -1.62. The molecule has 0 bridgehead atoms. The molecule has 3 rings (SSSR count). The highest BCUT2D eigenvalue weighted by Crippen LogP contribution is 2.38. The van der Waals surface area contributed by atoms with Gasteiger partial charge in [0.2, 0.25) is 0 Å². The van der Waals surface area contributed by atoms with Crippen molar-refractivity contribution in [3.8, 4) is 5.75 Å². The van der Waals surface area contributed by atoms with Crippen molar-refractivity contribution in [2.24, 2.45) is 5.92 Å². The predicted octanol–water partition coefficient (Wildman–Crippen LogP) is 1.44. The number of halogens is 1. The van der Waals surface area contributed by atoms with E-state index in [0.29, 0.717) is 5.92 Å². The second kappa shape index (κ2) is 4.24. The Morgan fingerprint density at radius 1 is 1.50 bits per heavy atom. The minimum Gasteiger partial charge on any atom is -0.508 e. The molecule has 1 aromatic rings. The molecule has 1 amide bonds. The van der Waals surface area contributed by atoms with Crippen LogP contribution in [-0.2, 0) is 4.74 Å². The molecular weight excluding hydrogens is 237 g/mol. The third kappa shape index (κ3) is 1.84. The number of nitrogens with one attached hydrogen (secondary N) is 1. The summed E-state index contributed by atoms with van der Waals surface area (Å²) in [6.07, 6.45) is 1.99. The van der Waals surface area contributed by atoms with Crippen LogP contribution in [0.1, 0.15) is 23.2 Å². The Bertz CT molecular complexity index is 491. The lowest BCUT2D eigenvalue weighted by molar-refractivity contribution is 0.00804. The minimum atomic E-state index is -0.621. The molecule has 0 spiro atoms. The summed E-state index contributed by atoms with van der Waals surface area (Å²) in [5, 5.41) is 12.1. The van der Waals surface area contributed by atoms with Gasteiger partial charge in [0, 0.05) is 18.6 Å².